The first-order valence-corrected chi connectivity index (χ1v) is 12.6. The first-order chi connectivity index (χ1) is 9.62. The molecule has 0 heterocycles. The molecule has 0 amide bonds. The molecule has 22 heavy (non-hydrogen) atoms. The van der Waals surface area contributed by atoms with Crippen molar-refractivity contribution in [2.24, 2.45) is 0 Å². The van der Waals surface area contributed by atoms with Crippen molar-refractivity contribution in [2.45, 2.75) is 105 Å². The Morgan fingerprint density at radius 3 is 1.32 bits per heavy atom. The van der Waals surface area contributed by atoms with Crippen molar-refractivity contribution in [3.05, 3.63) is 0 Å². The average molecular weight is 351 g/mol. The molecule has 0 aromatic heterocycles. The third-order valence-corrected chi connectivity index (χ3v) is 10.5. The standard InChI is InChI=1S/C16H38O4Si2/c1-13(2)17-21(18-14(3)4)12-22(11,19-15(5,6)7)20-16(8,9)10/h13-14,21H,12H2,1-11H3. The molecular formula is C16H38O4Si2. The Morgan fingerprint density at radius 1 is 0.773 bits per heavy atom. The van der Waals surface area contributed by atoms with Gasteiger partial charge in [0.2, 0.25) is 0 Å². The molecule has 0 saturated carbocycles. The van der Waals surface area contributed by atoms with Gasteiger partial charge in [0.1, 0.15) is 0 Å². The second-order valence-electron chi connectivity index (χ2n) is 8.57. The van der Waals surface area contributed by atoms with Crippen molar-refractivity contribution in [1.29, 1.82) is 0 Å². The zero-order chi connectivity index (χ0) is 17.8. The predicted molar refractivity (Wildman–Crippen MR) is 97.7 cm³/mol. The molecule has 0 aromatic rings. The first kappa shape index (κ1) is 22.3. The van der Waals surface area contributed by atoms with Gasteiger partial charge in [0.25, 0.3) is 0 Å². The van der Waals surface area contributed by atoms with E-state index in [4.69, 9.17) is 17.7 Å². The molecule has 0 radical (unpaired) electrons. The lowest BCUT2D eigenvalue weighted by atomic mass is 10.2. The highest BCUT2D eigenvalue weighted by atomic mass is 28.4. The molecule has 0 aliphatic carbocycles. The van der Waals surface area contributed by atoms with Crippen LogP contribution in [0.4, 0.5) is 0 Å². The number of hydrogen-bond donors (Lipinski definition) is 0. The van der Waals surface area contributed by atoms with Gasteiger partial charge in [-0.3, -0.25) is 0 Å². The van der Waals surface area contributed by atoms with E-state index in [0.717, 1.165) is 5.67 Å². The number of rotatable bonds is 8. The fourth-order valence-corrected chi connectivity index (χ4v) is 10.2. The molecule has 0 aliphatic heterocycles. The Morgan fingerprint density at radius 2 is 1.09 bits per heavy atom. The van der Waals surface area contributed by atoms with E-state index in [1.54, 1.807) is 0 Å². The third kappa shape index (κ3) is 11.8. The minimum Gasteiger partial charge on any atom is -0.394 e. The molecule has 4 nitrogen and oxygen atoms in total. The normalized spacial score (nSPS) is 14.5. The van der Waals surface area contributed by atoms with Crippen LogP contribution in [0.1, 0.15) is 69.2 Å². The molecule has 0 spiro atoms. The van der Waals surface area contributed by atoms with Crippen molar-refractivity contribution in [3.63, 3.8) is 0 Å². The van der Waals surface area contributed by atoms with Gasteiger partial charge in [-0.2, -0.15) is 0 Å². The molecule has 0 fully saturated rings. The van der Waals surface area contributed by atoms with Gasteiger partial charge in [-0.05, 0) is 75.8 Å². The molecule has 0 saturated heterocycles. The van der Waals surface area contributed by atoms with E-state index < -0.39 is 17.8 Å². The molecule has 0 bridgehead atoms. The summed E-state index contributed by atoms with van der Waals surface area (Å²) in [5.74, 6) is 0. The number of hydrogen-bond acceptors (Lipinski definition) is 4. The van der Waals surface area contributed by atoms with Crippen molar-refractivity contribution < 1.29 is 17.7 Å². The van der Waals surface area contributed by atoms with Crippen LogP contribution in [0.3, 0.4) is 0 Å². The highest BCUT2D eigenvalue weighted by Gasteiger charge is 2.43. The fourth-order valence-electron chi connectivity index (χ4n) is 2.44. The van der Waals surface area contributed by atoms with Crippen LogP contribution >= 0.6 is 0 Å². The van der Waals surface area contributed by atoms with E-state index in [2.05, 4.69) is 75.8 Å². The van der Waals surface area contributed by atoms with Gasteiger partial charge >= 0.3 is 17.8 Å². The Bertz CT molecular complexity index is 293. The minimum atomic E-state index is -2.41. The quantitative estimate of drug-likeness (QED) is 0.612. The summed E-state index contributed by atoms with van der Waals surface area (Å²) in [5.41, 5.74) is 0.319. The van der Waals surface area contributed by atoms with Crippen molar-refractivity contribution in [2.75, 3.05) is 0 Å². The van der Waals surface area contributed by atoms with E-state index >= 15 is 0 Å². The molecule has 0 rings (SSSR count). The Hall–Kier alpha value is 0.274. The first-order valence-electron chi connectivity index (χ1n) is 8.33. The van der Waals surface area contributed by atoms with Crippen molar-refractivity contribution >= 4 is 17.8 Å². The topological polar surface area (TPSA) is 36.9 Å². The molecular weight excluding hydrogens is 312 g/mol. The summed E-state index contributed by atoms with van der Waals surface area (Å²) in [6, 6.07) is 0. The lowest BCUT2D eigenvalue weighted by Crippen LogP contribution is -2.53. The van der Waals surface area contributed by atoms with E-state index in [0.29, 0.717) is 0 Å². The van der Waals surface area contributed by atoms with Gasteiger partial charge in [0, 0.05) is 17.9 Å². The van der Waals surface area contributed by atoms with Crippen LogP contribution in [0.5, 0.6) is 0 Å². The van der Waals surface area contributed by atoms with Crippen LogP contribution < -0.4 is 0 Å². The minimum absolute atomic E-state index is 0.165. The maximum atomic E-state index is 6.39. The Kier molecular flexibility index (Phi) is 8.50. The lowest BCUT2D eigenvalue weighted by molar-refractivity contribution is 0.0178. The molecule has 0 aromatic carbocycles. The van der Waals surface area contributed by atoms with Crippen LogP contribution in [-0.2, 0) is 17.7 Å². The highest BCUT2D eigenvalue weighted by molar-refractivity contribution is 6.77. The van der Waals surface area contributed by atoms with Crippen molar-refractivity contribution in [1.82, 2.24) is 0 Å². The van der Waals surface area contributed by atoms with Gasteiger partial charge in [0.05, 0.1) is 11.2 Å². The lowest BCUT2D eigenvalue weighted by Gasteiger charge is -2.40. The third-order valence-electron chi connectivity index (χ3n) is 2.43. The molecule has 0 N–H and O–H groups in total. The SMILES string of the molecule is CC(C)O[SiH](C[Si](C)(OC(C)(C)C)OC(C)(C)C)OC(C)C. The zero-order valence-corrected chi connectivity index (χ0v) is 18.7. The Balaban J connectivity index is 5.19. The molecule has 6 heteroatoms. The summed E-state index contributed by atoms with van der Waals surface area (Å²) < 4.78 is 24.9. The highest BCUT2D eigenvalue weighted by Crippen LogP contribution is 2.28. The maximum Gasteiger partial charge on any atom is 0.337 e. The van der Waals surface area contributed by atoms with Gasteiger partial charge in [-0.1, -0.05) is 0 Å². The molecule has 0 unspecified atom stereocenters. The summed E-state index contributed by atoms with van der Waals surface area (Å²) in [4.78, 5) is 0. The predicted octanol–water partition coefficient (Wildman–Crippen LogP) is 4.30. The van der Waals surface area contributed by atoms with E-state index in [1.807, 2.05) is 0 Å². The molecule has 0 atom stereocenters. The van der Waals surface area contributed by atoms with Crippen molar-refractivity contribution in [3.8, 4) is 0 Å². The Labute approximate surface area is 141 Å². The largest absolute Gasteiger partial charge is 0.394 e. The van der Waals surface area contributed by atoms with Crippen LogP contribution in [0.25, 0.3) is 0 Å². The van der Waals surface area contributed by atoms with Crippen LogP contribution in [0.15, 0.2) is 0 Å². The second kappa shape index (κ2) is 8.39. The van der Waals surface area contributed by atoms with Crippen LogP contribution in [-0.4, -0.2) is 41.3 Å². The van der Waals surface area contributed by atoms with Gasteiger partial charge < -0.3 is 17.7 Å². The maximum absolute atomic E-state index is 6.39. The summed E-state index contributed by atoms with van der Waals surface area (Å²) in [6.07, 6.45) is 0.330. The van der Waals surface area contributed by atoms with Gasteiger partial charge in [-0.25, -0.2) is 0 Å². The monoisotopic (exact) mass is 350 g/mol. The molecule has 134 valence electrons. The summed E-state index contributed by atoms with van der Waals surface area (Å²) >= 11 is 0. The van der Waals surface area contributed by atoms with E-state index in [1.165, 1.54) is 0 Å². The van der Waals surface area contributed by atoms with Gasteiger partial charge in [0.15, 0.2) is 0 Å². The van der Waals surface area contributed by atoms with E-state index in [9.17, 15) is 0 Å². The van der Waals surface area contributed by atoms with Gasteiger partial charge in [-0.15, -0.1) is 0 Å². The smallest absolute Gasteiger partial charge is 0.337 e. The second-order valence-corrected chi connectivity index (χ2v) is 14.3. The average Bonchev–Trinajstić information content (AvgIpc) is 2.05. The zero-order valence-electron chi connectivity index (χ0n) is 16.6. The van der Waals surface area contributed by atoms with Crippen LogP contribution in [0.2, 0.25) is 12.2 Å². The summed E-state index contributed by atoms with van der Waals surface area (Å²) in [7, 11) is -4.25. The summed E-state index contributed by atoms with van der Waals surface area (Å²) in [5, 5.41) is 0. The fraction of sp³-hybridized carbons (Fsp3) is 1.00. The molecule has 0 aliphatic rings. The van der Waals surface area contributed by atoms with E-state index in [-0.39, 0.29) is 23.4 Å². The van der Waals surface area contributed by atoms with Crippen LogP contribution in [0, 0.1) is 0 Å². The summed E-state index contributed by atoms with van der Waals surface area (Å²) in [6.45, 7) is 22.8.